The third kappa shape index (κ3) is 3.86. The number of fused-ring (bicyclic) bond motifs is 1. The molecule has 0 atom stereocenters. The second kappa shape index (κ2) is 6.99. The second-order valence-electron chi connectivity index (χ2n) is 4.16. The average molecular weight is 265 g/mol. The quantitative estimate of drug-likeness (QED) is 0.794. The Bertz CT molecular complexity index is 433. The fraction of sp³-hybridized carbons (Fsp3) is 0.500. The molecule has 1 aliphatic rings. The van der Waals surface area contributed by atoms with Crippen LogP contribution in [0.4, 0.5) is 0 Å². The van der Waals surface area contributed by atoms with Gasteiger partial charge in [0.05, 0.1) is 0 Å². The first kappa shape index (κ1) is 13.7. The van der Waals surface area contributed by atoms with E-state index in [0.717, 1.165) is 6.42 Å². The predicted molar refractivity (Wildman–Crippen MR) is 70.9 cm³/mol. The van der Waals surface area contributed by atoms with Crippen LogP contribution in [0.3, 0.4) is 0 Å². The molecule has 0 aliphatic carbocycles. The predicted octanol–water partition coefficient (Wildman–Crippen LogP) is 1.61. The number of hydrogen-bond donors (Lipinski definition) is 1. The van der Waals surface area contributed by atoms with Gasteiger partial charge in [0, 0.05) is 25.3 Å². The van der Waals surface area contributed by atoms with Gasteiger partial charge in [0.25, 0.3) is 5.91 Å². The van der Waals surface area contributed by atoms with Crippen molar-refractivity contribution in [3.63, 3.8) is 0 Å². The SMILES string of the molecule is CCOCCCNC(=O)c1ccc2c(c1)OCCO2. The lowest BCUT2D eigenvalue weighted by Crippen LogP contribution is -2.25. The molecule has 0 aromatic heterocycles. The van der Waals surface area contributed by atoms with Gasteiger partial charge >= 0.3 is 0 Å². The van der Waals surface area contributed by atoms with Crippen LogP contribution >= 0.6 is 0 Å². The Morgan fingerprint density at radius 1 is 1.32 bits per heavy atom. The van der Waals surface area contributed by atoms with Gasteiger partial charge in [-0.25, -0.2) is 0 Å². The Balaban J connectivity index is 1.85. The minimum Gasteiger partial charge on any atom is -0.486 e. The molecule has 104 valence electrons. The molecule has 1 N–H and O–H groups in total. The van der Waals surface area contributed by atoms with Crippen molar-refractivity contribution in [2.24, 2.45) is 0 Å². The highest BCUT2D eigenvalue weighted by Crippen LogP contribution is 2.30. The largest absolute Gasteiger partial charge is 0.486 e. The number of nitrogens with one attached hydrogen (secondary N) is 1. The summed E-state index contributed by atoms with van der Waals surface area (Å²) in [6.07, 6.45) is 0.810. The molecule has 1 aliphatic heterocycles. The van der Waals surface area contributed by atoms with Gasteiger partial charge in [-0.3, -0.25) is 4.79 Å². The highest BCUT2D eigenvalue weighted by Gasteiger charge is 2.14. The first-order valence-corrected chi connectivity index (χ1v) is 6.57. The van der Waals surface area contributed by atoms with Crippen molar-refractivity contribution >= 4 is 5.91 Å². The van der Waals surface area contributed by atoms with Crippen molar-refractivity contribution in [2.45, 2.75) is 13.3 Å². The molecule has 1 aromatic carbocycles. The number of benzene rings is 1. The molecule has 0 bridgehead atoms. The number of rotatable bonds is 6. The summed E-state index contributed by atoms with van der Waals surface area (Å²) in [5.41, 5.74) is 0.584. The molecular formula is C14H19NO4. The third-order valence-corrected chi connectivity index (χ3v) is 2.76. The smallest absolute Gasteiger partial charge is 0.251 e. The van der Waals surface area contributed by atoms with Gasteiger partial charge in [-0.2, -0.15) is 0 Å². The van der Waals surface area contributed by atoms with Crippen LogP contribution in [-0.4, -0.2) is 38.9 Å². The lowest BCUT2D eigenvalue weighted by Gasteiger charge is -2.18. The molecule has 2 rings (SSSR count). The summed E-state index contributed by atoms with van der Waals surface area (Å²) >= 11 is 0. The minimum absolute atomic E-state index is 0.103. The summed E-state index contributed by atoms with van der Waals surface area (Å²) in [6, 6.07) is 5.22. The third-order valence-electron chi connectivity index (χ3n) is 2.76. The zero-order chi connectivity index (χ0) is 13.5. The molecule has 0 radical (unpaired) electrons. The molecule has 1 heterocycles. The fourth-order valence-corrected chi connectivity index (χ4v) is 1.81. The fourth-order valence-electron chi connectivity index (χ4n) is 1.81. The van der Waals surface area contributed by atoms with E-state index in [2.05, 4.69) is 5.32 Å². The molecule has 0 fully saturated rings. The lowest BCUT2D eigenvalue weighted by atomic mass is 10.2. The van der Waals surface area contributed by atoms with E-state index in [-0.39, 0.29) is 5.91 Å². The molecule has 19 heavy (non-hydrogen) atoms. The van der Waals surface area contributed by atoms with Crippen molar-refractivity contribution in [3.05, 3.63) is 23.8 Å². The van der Waals surface area contributed by atoms with Gasteiger partial charge in [-0.1, -0.05) is 0 Å². The monoisotopic (exact) mass is 265 g/mol. The summed E-state index contributed by atoms with van der Waals surface area (Å²) in [6.45, 7) is 5.00. The molecule has 5 nitrogen and oxygen atoms in total. The van der Waals surface area contributed by atoms with Gasteiger partial charge < -0.3 is 19.5 Å². The van der Waals surface area contributed by atoms with E-state index in [1.807, 2.05) is 6.92 Å². The van der Waals surface area contributed by atoms with E-state index >= 15 is 0 Å². The van der Waals surface area contributed by atoms with E-state index in [1.54, 1.807) is 18.2 Å². The highest BCUT2D eigenvalue weighted by atomic mass is 16.6. The maximum atomic E-state index is 11.9. The van der Waals surface area contributed by atoms with Gasteiger partial charge in [0.15, 0.2) is 11.5 Å². The maximum absolute atomic E-state index is 11.9. The van der Waals surface area contributed by atoms with E-state index in [4.69, 9.17) is 14.2 Å². The standard InChI is InChI=1S/C14H19NO4/c1-2-17-7-3-6-15-14(16)11-4-5-12-13(10-11)19-9-8-18-12/h4-5,10H,2-3,6-9H2,1H3,(H,15,16). The molecule has 1 amide bonds. The number of hydrogen-bond acceptors (Lipinski definition) is 4. The maximum Gasteiger partial charge on any atom is 0.251 e. The van der Waals surface area contributed by atoms with E-state index in [0.29, 0.717) is 50.0 Å². The number of carbonyl (C=O) groups is 1. The highest BCUT2D eigenvalue weighted by molar-refractivity contribution is 5.94. The Morgan fingerprint density at radius 3 is 2.89 bits per heavy atom. The molecule has 0 unspecified atom stereocenters. The summed E-state index contributed by atoms with van der Waals surface area (Å²) in [4.78, 5) is 11.9. The normalized spacial score (nSPS) is 13.1. The van der Waals surface area contributed by atoms with Gasteiger partial charge in [0.1, 0.15) is 13.2 Å². The minimum atomic E-state index is -0.103. The van der Waals surface area contributed by atoms with Gasteiger partial charge in [-0.05, 0) is 31.5 Å². The zero-order valence-corrected chi connectivity index (χ0v) is 11.1. The van der Waals surface area contributed by atoms with Crippen LogP contribution < -0.4 is 14.8 Å². The van der Waals surface area contributed by atoms with Crippen LogP contribution in [0.25, 0.3) is 0 Å². The molecule has 0 saturated carbocycles. The number of ether oxygens (including phenoxy) is 3. The summed E-state index contributed by atoms with van der Waals surface area (Å²) < 4.78 is 16.1. The Kier molecular flexibility index (Phi) is 5.03. The molecule has 0 spiro atoms. The topological polar surface area (TPSA) is 56.8 Å². The van der Waals surface area contributed by atoms with Crippen molar-refractivity contribution in [1.82, 2.24) is 5.32 Å². The van der Waals surface area contributed by atoms with Crippen molar-refractivity contribution < 1.29 is 19.0 Å². The van der Waals surface area contributed by atoms with E-state index in [1.165, 1.54) is 0 Å². The summed E-state index contributed by atoms with van der Waals surface area (Å²) in [7, 11) is 0. The molecular weight excluding hydrogens is 246 g/mol. The van der Waals surface area contributed by atoms with E-state index in [9.17, 15) is 4.79 Å². The van der Waals surface area contributed by atoms with Crippen molar-refractivity contribution in [3.8, 4) is 11.5 Å². The Labute approximate surface area is 112 Å². The zero-order valence-electron chi connectivity index (χ0n) is 11.1. The molecule has 5 heteroatoms. The van der Waals surface area contributed by atoms with Gasteiger partial charge in [0.2, 0.25) is 0 Å². The number of carbonyl (C=O) groups excluding carboxylic acids is 1. The molecule has 0 saturated heterocycles. The first-order chi connectivity index (χ1) is 9.31. The first-order valence-electron chi connectivity index (χ1n) is 6.57. The van der Waals surface area contributed by atoms with Crippen molar-refractivity contribution in [2.75, 3.05) is 33.0 Å². The average Bonchev–Trinajstić information content (AvgIpc) is 2.46. The van der Waals surface area contributed by atoms with Crippen LogP contribution in [0, 0.1) is 0 Å². The van der Waals surface area contributed by atoms with Crippen LogP contribution in [0.15, 0.2) is 18.2 Å². The lowest BCUT2D eigenvalue weighted by molar-refractivity contribution is 0.0943. The van der Waals surface area contributed by atoms with Crippen LogP contribution in [0.5, 0.6) is 11.5 Å². The van der Waals surface area contributed by atoms with E-state index < -0.39 is 0 Å². The van der Waals surface area contributed by atoms with Crippen molar-refractivity contribution in [1.29, 1.82) is 0 Å². The summed E-state index contributed by atoms with van der Waals surface area (Å²) in [5.74, 6) is 1.22. The van der Waals surface area contributed by atoms with Crippen LogP contribution in [-0.2, 0) is 4.74 Å². The number of amides is 1. The second-order valence-corrected chi connectivity index (χ2v) is 4.16. The van der Waals surface area contributed by atoms with Crippen LogP contribution in [0.2, 0.25) is 0 Å². The molecule has 1 aromatic rings. The Morgan fingerprint density at radius 2 is 2.11 bits per heavy atom. The van der Waals surface area contributed by atoms with Crippen LogP contribution in [0.1, 0.15) is 23.7 Å². The Hall–Kier alpha value is -1.75. The van der Waals surface area contributed by atoms with Gasteiger partial charge in [-0.15, -0.1) is 0 Å². The summed E-state index contributed by atoms with van der Waals surface area (Å²) in [5, 5.41) is 2.85.